The molecule has 33 heavy (non-hydrogen) atoms. The van der Waals surface area contributed by atoms with Gasteiger partial charge in [-0.25, -0.2) is 9.86 Å². The van der Waals surface area contributed by atoms with Gasteiger partial charge in [0, 0.05) is 5.56 Å². The van der Waals surface area contributed by atoms with Gasteiger partial charge in [-0.3, -0.25) is 19.6 Å². The number of nitrogens with zero attached hydrogens (tertiary/aromatic N) is 1. The minimum atomic E-state index is -1.06. The lowest BCUT2D eigenvalue weighted by Gasteiger charge is -2.19. The Morgan fingerprint density at radius 1 is 1.15 bits per heavy atom. The number of rotatable bonds is 13. The Hall–Kier alpha value is -3.66. The third kappa shape index (κ3) is 7.18. The van der Waals surface area contributed by atoms with Crippen molar-refractivity contribution in [1.29, 1.82) is 0 Å². The van der Waals surface area contributed by atoms with Gasteiger partial charge in [0.15, 0.2) is 5.76 Å². The van der Waals surface area contributed by atoms with Crippen LogP contribution in [0.15, 0.2) is 34.7 Å². The van der Waals surface area contributed by atoms with Crippen molar-refractivity contribution in [2.45, 2.75) is 39.5 Å². The fourth-order valence-electron chi connectivity index (χ4n) is 3.40. The number of hydroxylamine groups is 2. The maximum Gasteiger partial charge on any atom is 0.335 e. The van der Waals surface area contributed by atoms with Crippen LogP contribution in [0.5, 0.6) is 0 Å². The van der Waals surface area contributed by atoms with E-state index in [0.717, 1.165) is 19.3 Å². The maximum atomic E-state index is 12.4. The number of carboxylic acids is 1. The lowest BCUT2D eigenvalue weighted by Crippen LogP contribution is -2.42. The molecule has 0 bridgehead atoms. The van der Waals surface area contributed by atoms with Gasteiger partial charge < -0.3 is 20.2 Å². The number of nitrogens with one attached hydrogen (secondary N) is 2. The van der Waals surface area contributed by atoms with Crippen molar-refractivity contribution in [3.8, 4) is 11.3 Å². The van der Waals surface area contributed by atoms with Gasteiger partial charge in [-0.15, -0.1) is 0 Å². The molecular weight excluding hydrogens is 430 g/mol. The average Bonchev–Trinajstić information content (AvgIpc) is 3.28. The Labute approximate surface area is 191 Å². The fourth-order valence-corrected chi connectivity index (χ4v) is 3.40. The van der Waals surface area contributed by atoms with E-state index in [1.54, 1.807) is 25.1 Å². The van der Waals surface area contributed by atoms with Crippen LogP contribution in [0.1, 0.15) is 59.1 Å². The van der Waals surface area contributed by atoms with Crippen LogP contribution in [0.3, 0.4) is 0 Å². The molecule has 0 aliphatic heterocycles. The highest BCUT2D eigenvalue weighted by Gasteiger charge is 2.21. The summed E-state index contributed by atoms with van der Waals surface area (Å²) in [6.07, 6.45) is 3.39. The summed E-state index contributed by atoms with van der Waals surface area (Å²) in [5, 5.41) is 24.2. The second kappa shape index (κ2) is 12.4. The van der Waals surface area contributed by atoms with Gasteiger partial charge in [-0.1, -0.05) is 38.3 Å². The quantitative estimate of drug-likeness (QED) is 0.118. The zero-order valence-corrected chi connectivity index (χ0v) is 18.7. The van der Waals surface area contributed by atoms with E-state index in [1.165, 1.54) is 12.1 Å². The molecule has 0 saturated heterocycles. The highest BCUT2D eigenvalue weighted by atomic mass is 16.5. The molecule has 1 aromatic heterocycles. The first kappa shape index (κ1) is 25.6. The minimum Gasteiger partial charge on any atom is -0.478 e. The predicted molar refractivity (Wildman–Crippen MR) is 119 cm³/mol. The number of hydrogen-bond acceptors (Lipinski definition) is 6. The largest absolute Gasteiger partial charge is 0.478 e. The second-order valence-electron chi connectivity index (χ2n) is 7.59. The van der Waals surface area contributed by atoms with Crippen LogP contribution in [0.2, 0.25) is 0 Å². The molecule has 1 atom stereocenters. The predicted octanol–water partition coefficient (Wildman–Crippen LogP) is 2.80. The molecule has 3 amide bonds. The molecule has 0 aliphatic carbocycles. The van der Waals surface area contributed by atoms with Crippen molar-refractivity contribution >= 4 is 24.2 Å². The highest BCUT2D eigenvalue weighted by Crippen LogP contribution is 2.27. The molecule has 178 valence electrons. The summed E-state index contributed by atoms with van der Waals surface area (Å²) < 4.78 is 5.59. The Kier molecular flexibility index (Phi) is 9.62. The first-order valence-electron chi connectivity index (χ1n) is 10.7. The Bertz CT molecular complexity index is 986. The van der Waals surface area contributed by atoms with Gasteiger partial charge in [-0.05, 0) is 37.1 Å². The van der Waals surface area contributed by atoms with Crippen LogP contribution in [0.4, 0.5) is 0 Å². The van der Waals surface area contributed by atoms with E-state index in [-0.39, 0.29) is 30.9 Å². The Morgan fingerprint density at radius 3 is 2.58 bits per heavy atom. The third-order valence-electron chi connectivity index (χ3n) is 5.23. The van der Waals surface area contributed by atoms with Crippen molar-refractivity contribution < 1.29 is 33.9 Å². The van der Waals surface area contributed by atoms with Gasteiger partial charge in [0.2, 0.25) is 12.3 Å². The lowest BCUT2D eigenvalue weighted by molar-refractivity contribution is -0.154. The number of amides is 3. The Balaban J connectivity index is 1.96. The zero-order valence-electron chi connectivity index (χ0n) is 18.7. The van der Waals surface area contributed by atoms with Crippen molar-refractivity contribution in [1.82, 2.24) is 15.7 Å². The summed E-state index contributed by atoms with van der Waals surface area (Å²) in [6.45, 7) is 3.38. The van der Waals surface area contributed by atoms with Crippen LogP contribution >= 0.6 is 0 Å². The van der Waals surface area contributed by atoms with Crippen LogP contribution in [0, 0.1) is 12.8 Å². The number of hydrogen-bond donors (Lipinski definition) is 4. The highest BCUT2D eigenvalue weighted by molar-refractivity contribution is 5.93. The molecule has 2 rings (SSSR count). The standard InChI is InChI=1S/C23H29N3O7/c1-3-4-5-7-16(12-26(32)14-27)21(28)24-13-25-22(29)20-11-10-19(33-20)17-8-6-9-18(15(17)2)23(30)31/h6,8-11,14,16,32H,3-5,7,12-13H2,1-2H3,(H,24,28)(H,25,29)(H,30,31). The minimum absolute atomic E-state index is 0.00126. The molecular formula is C23H29N3O7. The third-order valence-corrected chi connectivity index (χ3v) is 5.23. The van der Waals surface area contributed by atoms with Crippen molar-refractivity contribution in [2.24, 2.45) is 5.92 Å². The van der Waals surface area contributed by atoms with E-state index >= 15 is 0 Å². The molecule has 0 radical (unpaired) electrons. The molecule has 2 aromatic rings. The van der Waals surface area contributed by atoms with Crippen LogP contribution < -0.4 is 10.6 Å². The summed E-state index contributed by atoms with van der Waals surface area (Å²) in [4.78, 5) is 46.8. The Morgan fingerprint density at radius 2 is 1.91 bits per heavy atom. The molecule has 1 heterocycles. The molecule has 1 unspecified atom stereocenters. The molecule has 0 aliphatic rings. The molecule has 0 fully saturated rings. The summed E-state index contributed by atoms with van der Waals surface area (Å²) in [6, 6.07) is 7.81. The summed E-state index contributed by atoms with van der Waals surface area (Å²) in [5.74, 6) is -2.27. The van der Waals surface area contributed by atoms with Gasteiger partial charge in [-0.2, -0.15) is 0 Å². The number of benzene rings is 1. The molecule has 10 nitrogen and oxygen atoms in total. The number of unbranched alkanes of at least 4 members (excludes halogenated alkanes) is 2. The molecule has 4 N–H and O–H groups in total. The number of aromatic carboxylic acids is 1. The summed E-state index contributed by atoms with van der Waals surface area (Å²) >= 11 is 0. The first-order valence-corrected chi connectivity index (χ1v) is 10.7. The van der Waals surface area contributed by atoms with E-state index in [2.05, 4.69) is 10.6 Å². The van der Waals surface area contributed by atoms with Gasteiger partial charge in [0.1, 0.15) is 5.76 Å². The zero-order chi connectivity index (χ0) is 24.4. The molecule has 0 spiro atoms. The summed E-state index contributed by atoms with van der Waals surface area (Å²) in [5.41, 5.74) is 1.21. The van der Waals surface area contributed by atoms with E-state index in [9.17, 15) is 29.5 Å². The summed E-state index contributed by atoms with van der Waals surface area (Å²) in [7, 11) is 0. The van der Waals surface area contributed by atoms with Gasteiger partial charge >= 0.3 is 5.97 Å². The van der Waals surface area contributed by atoms with Crippen molar-refractivity contribution in [3.63, 3.8) is 0 Å². The second-order valence-corrected chi connectivity index (χ2v) is 7.59. The normalized spacial score (nSPS) is 11.5. The van der Waals surface area contributed by atoms with Gasteiger partial charge in [0.05, 0.1) is 24.7 Å². The topological polar surface area (TPSA) is 149 Å². The van der Waals surface area contributed by atoms with Crippen LogP contribution in [-0.2, 0) is 9.59 Å². The molecule has 1 aromatic carbocycles. The molecule has 10 heteroatoms. The SMILES string of the molecule is CCCCCC(CN(O)C=O)C(=O)NCNC(=O)c1ccc(-c2cccc(C(=O)O)c2C)o1. The van der Waals surface area contributed by atoms with E-state index in [1.807, 2.05) is 6.92 Å². The average molecular weight is 459 g/mol. The van der Waals surface area contributed by atoms with Gasteiger partial charge in [0.25, 0.3) is 5.91 Å². The number of carboxylic acid groups (broad SMARTS) is 1. The monoisotopic (exact) mass is 459 g/mol. The molecule has 0 saturated carbocycles. The number of furan rings is 1. The van der Waals surface area contributed by atoms with Crippen molar-refractivity contribution in [3.05, 3.63) is 47.2 Å². The number of carbonyl (C=O) groups excluding carboxylic acids is 3. The van der Waals surface area contributed by atoms with Crippen LogP contribution in [0.25, 0.3) is 11.3 Å². The lowest BCUT2D eigenvalue weighted by atomic mass is 10.0. The van der Waals surface area contributed by atoms with Crippen LogP contribution in [-0.4, -0.2) is 52.8 Å². The van der Waals surface area contributed by atoms with E-state index < -0.39 is 23.7 Å². The number of carbonyl (C=O) groups is 4. The van der Waals surface area contributed by atoms with Crippen molar-refractivity contribution in [2.75, 3.05) is 13.2 Å². The maximum absolute atomic E-state index is 12.4. The van der Waals surface area contributed by atoms with E-state index in [4.69, 9.17) is 4.42 Å². The smallest absolute Gasteiger partial charge is 0.335 e. The van der Waals surface area contributed by atoms with E-state index in [0.29, 0.717) is 28.4 Å². The first-order chi connectivity index (χ1) is 15.8. The fraction of sp³-hybridized carbons (Fsp3) is 0.391.